The molecule has 0 aromatic rings. The van der Waals surface area contributed by atoms with Crippen molar-refractivity contribution in [2.45, 2.75) is 56.5 Å². The lowest BCUT2D eigenvalue weighted by Gasteiger charge is -2.24. The summed E-state index contributed by atoms with van der Waals surface area (Å²) in [5.41, 5.74) is -0.680. The van der Waals surface area contributed by atoms with Crippen LogP contribution in [-0.2, 0) is 9.59 Å². The van der Waals surface area contributed by atoms with Gasteiger partial charge in [0.1, 0.15) is 5.54 Å². The third kappa shape index (κ3) is 2.95. The molecule has 22 heavy (non-hydrogen) atoms. The second kappa shape index (κ2) is 6.24. The Hall–Kier alpha value is -1.63. The molecule has 1 atom stereocenters. The van der Waals surface area contributed by atoms with Crippen molar-refractivity contribution < 1.29 is 14.4 Å². The Balaban J connectivity index is 1.49. The molecule has 4 amide bonds. The molecule has 3 aliphatic rings. The molecule has 2 saturated heterocycles. The summed E-state index contributed by atoms with van der Waals surface area (Å²) in [5, 5.41) is 9.03. The number of nitrogens with one attached hydrogen (secondary N) is 3. The summed E-state index contributed by atoms with van der Waals surface area (Å²) < 4.78 is 0. The Morgan fingerprint density at radius 1 is 1.27 bits per heavy atom. The van der Waals surface area contributed by atoms with Crippen LogP contribution < -0.4 is 16.0 Å². The van der Waals surface area contributed by atoms with Gasteiger partial charge >= 0.3 is 6.03 Å². The monoisotopic (exact) mass is 308 g/mol. The summed E-state index contributed by atoms with van der Waals surface area (Å²) in [6, 6.07) is -0.190. The average Bonchev–Trinajstić information content (AvgIpc) is 3.06. The van der Waals surface area contributed by atoms with Crippen molar-refractivity contribution in [3.05, 3.63) is 0 Å². The minimum absolute atomic E-state index is 0.0957. The van der Waals surface area contributed by atoms with Crippen molar-refractivity contribution >= 4 is 17.8 Å². The summed E-state index contributed by atoms with van der Waals surface area (Å²) in [6.45, 7) is 1.95. The Labute approximate surface area is 130 Å². The van der Waals surface area contributed by atoms with Crippen LogP contribution in [0.1, 0.15) is 44.9 Å². The molecular weight excluding hydrogens is 284 g/mol. The van der Waals surface area contributed by atoms with Gasteiger partial charge < -0.3 is 16.0 Å². The summed E-state index contributed by atoms with van der Waals surface area (Å²) in [4.78, 5) is 37.6. The van der Waals surface area contributed by atoms with Gasteiger partial charge in [0.2, 0.25) is 5.91 Å². The predicted molar refractivity (Wildman–Crippen MR) is 80.1 cm³/mol. The molecule has 2 aliphatic heterocycles. The Morgan fingerprint density at radius 3 is 2.73 bits per heavy atom. The molecule has 0 aromatic carbocycles. The molecule has 0 radical (unpaired) electrons. The van der Waals surface area contributed by atoms with Crippen molar-refractivity contribution in [3.63, 3.8) is 0 Å². The number of carbonyl (C=O) groups is 3. The predicted octanol–water partition coefficient (Wildman–Crippen LogP) is 0.109. The van der Waals surface area contributed by atoms with E-state index in [-0.39, 0.29) is 36.9 Å². The first kappa shape index (κ1) is 15.3. The van der Waals surface area contributed by atoms with Crippen molar-refractivity contribution in [3.8, 4) is 0 Å². The third-order valence-corrected chi connectivity index (χ3v) is 4.93. The normalized spacial score (nSPS) is 27.3. The van der Waals surface area contributed by atoms with Crippen LogP contribution in [0.3, 0.4) is 0 Å². The van der Waals surface area contributed by atoms with Crippen molar-refractivity contribution in [1.82, 2.24) is 20.9 Å². The lowest BCUT2D eigenvalue weighted by Crippen LogP contribution is -2.46. The molecule has 7 heteroatoms. The van der Waals surface area contributed by atoms with Gasteiger partial charge in [-0.05, 0) is 32.2 Å². The molecular formula is C15H24N4O3. The molecule has 0 unspecified atom stereocenters. The minimum atomic E-state index is -0.680. The summed E-state index contributed by atoms with van der Waals surface area (Å²) in [6.07, 6.45) is 5.57. The van der Waals surface area contributed by atoms with Gasteiger partial charge in [-0.15, -0.1) is 0 Å². The number of rotatable bonds is 4. The SMILES string of the molecule is O=C(CCN1C(=O)NC2(CCCC2)C1=O)N[C@H]1CCCNC1. The molecule has 1 saturated carbocycles. The molecule has 3 rings (SSSR count). The van der Waals surface area contributed by atoms with E-state index in [1.165, 1.54) is 4.90 Å². The number of imide groups is 1. The quantitative estimate of drug-likeness (QED) is 0.643. The smallest absolute Gasteiger partial charge is 0.325 e. The van der Waals surface area contributed by atoms with Crippen molar-refractivity contribution in [2.24, 2.45) is 0 Å². The second-order valence-corrected chi connectivity index (χ2v) is 6.54. The van der Waals surface area contributed by atoms with E-state index >= 15 is 0 Å². The maximum absolute atomic E-state index is 12.4. The van der Waals surface area contributed by atoms with Crippen LogP contribution in [0.15, 0.2) is 0 Å². The number of hydrogen-bond acceptors (Lipinski definition) is 4. The summed E-state index contributed by atoms with van der Waals surface area (Å²) in [7, 11) is 0. The lowest BCUT2D eigenvalue weighted by atomic mass is 9.98. The molecule has 0 bridgehead atoms. The van der Waals surface area contributed by atoms with Gasteiger partial charge in [-0.3, -0.25) is 14.5 Å². The van der Waals surface area contributed by atoms with Gasteiger partial charge in [-0.1, -0.05) is 12.8 Å². The molecule has 3 fully saturated rings. The van der Waals surface area contributed by atoms with E-state index in [9.17, 15) is 14.4 Å². The second-order valence-electron chi connectivity index (χ2n) is 6.54. The van der Waals surface area contributed by atoms with Crippen LogP contribution in [-0.4, -0.2) is 54.0 Å². The zero-order chi connectivity index (χ0) is 15.6. The van der Waals surface area contributed by atoms with Gasteiger partial charge in [0.05, 0.1) is 0 Å². The topological polar surface area (TPSA) is 90.5 Å². The van der Waals surface area contributed by atoms with E-state index in [0.717, 1.165) is 38.8 Å². The third-order valence-electron chi connectivity index (χ3n) is 4.93. The molecule has 2 heterocycles. The Morgan fingerprint density at radius 2 is 2.05 bits per heavy atom. The molecule has 3 N–H and O–H groups in total. The fourth-order valence-electron chi connectivity index (χ4n) is 3.68. The fraction of sp³-hybridized carbons (Fsp3) is 0.800. The van der Waals surface area contributed by atoms with E-state index in [0.29, 0.717) is 12.8 Å². The zero-order valence-corrected chi connectivity index (χ0v) is 12.8. The first-order chi connectivity index (χ1) is 10.6. The highest BCUT2D eigenvalue weighted by Crippen LogP contribution is 2.34. The van der Waals surface area contributed by atoms with Crippen LogP contribution >= 0.6 is 0 Å². The Kier molecular flexibility index (Phi) is 4.33. The maximum atomic E-state index is 12.4. The van der Waals surface area contributed by atoms with Crippen molar-refractivity contribution in [2.75, 3.05) is 19.6 Å². The molecule has 0 aromatic heterocycles. The lowest BCUT2D eigenvalue weighted by molar-refractivity contribution is -0.131. The molecule has 1 aliphatic carbocycles. The molecule has 122 valence electrons. The first-order valence-corrected chi connectivity index (χ1v) is 8.25. The highest BCUT2D eigenvalue weighted by atomic mass is 16.2. The number of hydrogen-bond donors (Lipinski definition) is 3. The molecule has 7 nitrogen and oxygen atoms in total. The van der Waals surface area contributed by atoms with Crippen LogP contribution in [0.25, 0.3) is 0 Å². The number of urea groups is 1. The van der Waals surface area contributed by atoms with Gasteiger partial charge in [0.15, 0.2) is 0 Å². The van der Waals surface area contributed by atoms with E-state index in [1.807, 2.05) is 0 Å². The number of amides is 4. The average molecular weight is 308 g/mol. The van der Waals surface area contributed by atoms with Gasteiger partial charge in [-0.25, -0.2) is 4.79 Å². The van der Waals surface area contributed by atoms with Crippen LogP contribution in [0.5, 0.6) is 0 Å². The number of nitrogens with zero attached hydrogens (tertiary/aromatic N) is 1. The van der Waals surface area contributed by atoms with Gasteiger partial charge in [0, 0.05) is 25.6 Å². The van der Waals surface area contributed by atoms with Crippen LogP contribution in [0.4, 0.5) is 4.79 Å². The van der Waals surface area contributed by atoms with Crippen LogP contribution in [0, 0.1) is 0 Å². The zero-order valence-electron chi connectivity index (χ0n) is 12.8. The Bertz CT molecular complexity index is 467. The summed E-state index contributed by atoms with van der Waals surface area (Å²) in [5.74, 6) is -0.246. The van der Waals surface area contributed by atoms with E-state index in [2.05, 4.69) is 16.0 Å². The number of piperidine rings is 1. The number of carbonyl (C=O) groups excluding carboxylic acids is 3. The maximum Gasteiger partial charge on any atom is 0.325 e. The highest BCUT2D eigenvalue weighted by molar-refractivity contribution is 6.07. The van der Waals surface area contributed by atoms with E-state index < -0.39 is 5.54 Å². The van der Waals surface area contributed by atoms with E-state index in [4.69, 9.17) is 0 Å². The van der Waals surface area contributed by atoms with Crippen molar-refractivity contribution in [1.29, 1.82) is 0 Å². The van der Waals surface area contributed by atoms with E-state index in [1.54, 1.807) is 0 Å². The minimum Gasteiger partial charge on any atom is -0.352 e. The fourth-order valence-corrected chi connectivity index (χ4v) is 3.68. The molecule has 1 spiro atoms. The van der Waals surface area contributed by atoms with Crippen LogP contribution in [0.2, 0.25) is 0 Å². The first-order valence-electron chi connectivity index (χ1n) is 8.25. The summed E-state index contributed by atoms with van der Waals surface area (Å²) >= 11 is 0. The van der Waals surface area contributed by atoms with Gasteiger partial charge in [0.25, 0.3) is 5.91 Å². The van der Waals surface area contributed by atoms with Gasteiger partial charge in [-0.2, -0.15) is 0 Å². The standard InChI is InChI=1S/C15H24N4O3/c20-12(17-11-4-3-8-16-10-11)5-9-19-13(21)15(18-14(19)22)6-1-2-7-15/h11,16H,1-10H2,(H,17,20)(H,18,22)/t11-/m0/s1. The highest BCUT2D eigenvalue weighted by Gasteiger charge is 2.52. The largest absolute Gasteiger partial charge is 0.352 e.